The second-order valence-corrected chi connectivity index (χ2v) is 7.63. The predicted octanol–water partition coefficient (Wildman–Crippen LogP) is 2.78. The quantitative estimate of drug-likeness (QED) is 0.672. The number of carbonyl (C=O) groups is 1. The van der Waals surface area contributed by atoms with Gasteiger partial charge in [-0.25, -0.2) is 0 Å². The fourth-order valence-corrected chi connectivity index (χ4v) is 4.49. The summed E-state index contributed by atoms with van der Waals surface area (Å²) in [6, 6.07) is 16.4. The summed E-state index contributed by atoms with van der Waals surface area (Å²) in [5.41, 5.74) is 5.75. The number of benzene rings is 2. The Hall–Kier alpha value is -2.83. The summed E-state index contributed by atoms with van der Waals surface area (Å²) in [6.45, 7) is 3.37. The zero-order chi connectivity index (χ0) is 19.8. The van der Waals surface area contributed by atoms with Crippen LogP contribution in [0.1, 0.15) is 22.9 Å². The lowest BCUT2D eigenvalue weighted by molar-refractivity contribution is -0.143. The molecule has 6 heteroatoms. The van der Waals surface area contributed by atoms with Gasteiger partial charge < -0.3 is 19.4 Å². The molecule has 29 heavy (non-hydrogen) atoms. The highest BCUT2D eigenvalue weighted by molar-refractivity contribution is 5.87. The van der Waals surface area contributed by atoms with Crippen LogP contribution in [0.5, 0.6) is 0 Å². The molecule has 0 spiro atoms. The Balaban J connectivity index is 1.52. The third-order valence-corrected chi connectivity index (χ3v) is 6.00. The molecule has 2 atom stereocenters. The minimum atomic E-state index is -0.365. The Bertz CT molecular complexity index is 1020. The van der Waals surface area contributed by atoms with Gasteiger partial charge in [-0.15, -0.1) is 0 Å². The van der Waals surface area contributed by atoms with Crippen molar-refractivity contribution in [1.29, 1.82) is 0 Å². The van der Waals surface area contributed by atoms with Crippen LogP contribution in [-0.4, -0.2) is 50.4 Å². The standard InChI is InChI=1S/C23H25N3O3/c1-28-23(27)20-14-18-17-4-2-3-5-19(17)24-22(18)21(25-20)15-6-8-16(9-7-15)26-10-12-29-13-11-26/h2-9,20-21,24-25H,10-14H2,1H3/t20-,21?/m1/s1. The number of para-hydroxylation sites is 1. The van der Waals surface area contributed by atoms with Crippen molar-refractivity contribution >= 4 is 22.6 Å². The molecule has 1 aromatic heterocycles. The van der Waals surface area contributed by atoms with E-state index >= 15 is 0 Å². The van der Waals surface area contributed by atoms with E-state index in [0.29, 0.717) is 6.42 Å². The maximum absolute atomic E-state index is 12.4. The third-order valence-electron chi connectivity index (χ3n) is 6.00. The van der Waals surface area contributed by atoms with Gasteiger partial charge in [0.1, 0.15) is 6.04 Å². The molecule has 0 saturated carbocycles. The number of aromatic nitrogens is 1. The molecule has 0 radical (unpaired) electrons. The molecule has 3 heterocycles. The van der Waals surface area contributed by atoms with Gasteiger partial charge in [0.15, 0.2) is 0 Å². The largest absolute Gasteiger partial charge is 0.468 e. The number of fused-ring (bicyclic) bond motifs is 3. The average molecular weight is 391 g/mol. The molecular formula is C23H25N3O3. The highest BCUT2D eigenvalue weighted by atomic mass is 16.5. The van der Waals surface area contributed by atoms with Crippen molar-refractivity contribution in [1.82, 2.24) is 10.3 Å². The van der Waals surface area contributed by atoms with E-state index in [4.69, 9.17) is 9.47 Å². The summed E-state index contributed by atoms with van der Waals surface area (Å²) in [4.78, 5) is 18.3. The third kappa shape index (κ3) is 3.28. The molecular weight excluding hydrogens is 366 g/mol. The minimum absolute atomic E-state index is 0.0889. The van der Waals surface area contributed by atoms with Gasteiger partial charge in [-0.3, -0.25) is 10.1 Å². The van der Waals surface area contributed by atoms with Crippen molar-refractivity contribution in [2.75, 3.05) is 38.3 Å². The number of nitrogens with one attached hydrogen (secondary N) is 2. The highest BCUT2D eigenvalue weighted by Gasteiger charge is 2.34. The van der Waals surface area contributed by atoms with Crippen molar-refractivity contribution in [3.63, 3.8) is 0 Å². The second-order valence-electron chi connectivity index (χ2n) is 7.63. The van der Waals surface area contributed by atoms with E-state index in [0.717, 1.165) is 43.1 Å². The summed E-state index contributed by atoms with van der Waals surface area (Å²) in [6.07, 6.45) is 0.619. The summed E-state index contributed by atoms with van der Waals surface area (Å²) in [5, 5.41) is 4.67. The lowest BCUT2D eigenvalue weighted by Gasteiger charge is -2.31. The van der Waals surface area contributed by atoms with E-state index < -0.39 is 0 Å². The maximum Gasteiger partial charge on any atom is 0.323 e. The van der Waals surface area contributed by atoms with Crippen LogP contribution >= 0.6 is 0 Å². The van der Waals surface area contributed by atoms with Crippen LogP contribution in [-0.2, 0) is 20.7 Å². The Morgan fingerprint density at radius 1 is 1.10 bits per heavy atom. The molecule has 1 saturated heterocycles. The number of rotatable bonds is 3. The fourth-order valence-electron chi connectivity index (χ4n) is 4.49. The number of hydrogen-bond acceptors (Lipinski definition) is 5. The topological polar surface area (TPSA) is 66.6 Å². The van der Waals surface area contributed by atoms with Gasteiger partial charge in [0.2, 0.25) is 0 Å². The van der Waals surface area contributed by atoms with E-state index in [2.05, 4.69) is 51.6 Å². The fraction of sp³-hybridized carbons (Fsp3) is 0.348. The first-order chi connectivity index (χ1) is 14.2. The summed E-state index contributed by atoms with van der Waals surface area (Å²) in [5.74, 6) is -0.226. The molecule has 2 N–H and O–H groups in total. The van der Waals surface area contributed by atoms with Crippen LogP contribution in [0.3, 0.4) is 0 Å². The lowest BCUT2D eigenvalue weighted by atomic mass is 9.90. The molecule has 150 valence electrons. The van der Waals surface area contributed by atoms with E-state index in [1.165, 1.54) is 23.7 Å². The highest BCUT2D eigenvalue weighted by Crippen LogP contribution is 2.36. The monoisotopic (exact) mass is 391 g/mol. The van der Waals surface area contributed by atoms with Crippen molar-refractivity contribution in [3.8, 4) is 0 Å². The number of anilines is 1. The first-order valence-electron chi connectivity index (χ1n) is 10.1. The number of nitrogens with zero attached hydrogens (tertiary/aromatic N) is 1. The minimum Gasteiger partial charge on any atom is -0.468 e. The SMILES string of the molecule is COC(=O)[C@H]1Cc2c([nH]c3ccccc23)C(c2ccc(N3CCOCC3)cc2)N1. The number of aromatic amines is 1. The molecule has 2 aromatic carbocycles. The molecule has 6 nitrogen and oxygen atoms in total. The molecule has 0 aliphatic carbocycles. The number of morpholine rings is 1. The van der Waals surface area contributed by atoms with E-state index in [1.807, 2.05) is 12.1 Å². The van der Waals surface area contributed by atoms with Crippen molar-refractivity contribution in [3.05, 3.63) is 65.4 Å². The smallest absolute Gasteiger partial charge is 0.323 e. The molecule has 0 bridgehead atoms. The van der Waals surface area contributed by atoms with Crippen LogP contribution in [0.4, 0.5) is 5.69 Å². The molecule has 1 unspecified atom stereocenters. The van der Waals surface area contributed by atoms with Gasteiger partial charge >= 0.3 is 5.97 Å². The van der Waals surface area contributed by atoms with E-state index in [9.17, 15) is 4.79 Å². The first-order valence-corrected chi connectivity index (χ1v) is 10.1. The van der Waals surface area contributed by atoms with Crippen LogP contribution in [0.25, 0.3) is 10.9 Å². The van der Waals surface area contributed by atoms with Crippen LogP contribution in [0, 0.1) is 0 Å². The predicted molar refractivity (Wildman–Crippen MR) is 112 cm³/mol. The summed E-state index contributed by atoms with van der Waals surface area (Å²) >= 11 is 0. The van der Waals surface area contributed by atoms with Crippen molar-refractivity contribution < 1.29 is 14.3 Å². The zero-order valence-electron chi connectivity index (χ0n) is 16.5. The Kier molecular flexibility index (Phi) is 4.73. The Labute approximate surface area is 169 Å². The molecule has 2 aliphatic rings. The lowest BCUT2D eigenvalue weighted by Crippen LogP contribution is -2.45. The summed E-state index contributed by atoms with van der Waals surface area (Å²) < 4.78 is 10.5. The van der Waals surface area contributed by atoms with E-state index in [1.54, 1.807) is 0 Å². The number of methoxy groups -OCH3 is 1. The molecule has 2 aliphatic heterocycles. The number of H-pyrrole nitrogens is 1. The normalized spacial score (nSPS) is 21.8. The van der Waals surface area contributed by atoms with Gasteiger partial charge in [0, 0.05) is 41.8 Å². The average Bonchev–Trinajstić information content (AvgIpc) is 3.17. The Morgan fingerprint density at radius 2 is 1.86 bits per heavy atom. The number of esters is 1. The van der Waals surface area contributed by atoms with E-state index in [-0.39, 0.29) is 18.1 Å². The first kappa shape index (κ1) is 18.2. The Morgan fingerprint density at radius 3 is 2.62 bits per heavy atom. The molecule has 0 amide bonds. The van der Waals surface area contributed by atoms with Gasteiger partial charge in [-0.1, -0.05) is 30.3 Å². The zero-order valence-corrected chi connectivity index (χ0v) is 16.5. The maximum atomic E-state index is 12.4. The molecule has 3 aromatic rings. The second kappa shape index (κ2) is 7.54. The van der Waals surface area contributed by atoms with Crippen LogP contribution in [0.15, 0.2) is 48.5 Å². The van der Waals surface area contributed by atoms with Gasteiger partial charge in [0.25, 0.3) is 0 Å². The van der Waals surface area contributed by atoms with Crippen molar-refractivity contribution in [2.24, 2.45) is 0 Å². The molecule has 1 fully saturated rings. The summed E-state index contributed by atoms with van der Waals surface area (Å²) in [7, 11) is 1.45. The van der Waals surface area contributed by atoms with Crippen LogP contribution in [0.2, 0.25) is 0 Å². The van der Waals surface area contributed by atoms with Gasteiger partial charge in [-0.05, 0) is 29.3 Å². The van der Waals surface area contributed by atoms with Crippen molar-refractivity contribution in [2.45, 2.75) is 18.5 Å². The molecule has 5 rings (SSSR count). The van der Waals surface area contributed by atoms with Gasteiger partial charge in [0.05, 0.1) is 26.4 Å². The number of carbonyl (C=O) groups excluding carboxylic acids is 1. The number of hydrogen-bond donors (Lipinski definition) is 2. The number of ether oxygens (including phenoxy) is 2. The van der Waals surface area contributed by atoms with Crippen LogP contribution < -0.4 is 10.2 Å². The van der Waals surface area contributed by atoms with Gasteiger partial charge in [-0.2, -0.15) is 0 Å².